The summed E-state index contributed by atoms with van der Waals surface area (Å²) < 4.78 is 0. The highest BCUT2D eigenvalue weighted by molar-refractivity contribution is 7.98. The Morgan fingerprint density at radius 1 is 1.17 bits per heavy atom. The second-order valence-corrected chi connectivity index (χ2v) is 8.32. The van der Waals surface area contributed by atoms with Crippen molar-refractivity contribution >= 4 is 11.8 Å². The summed E-state index contributed by atoms with van der Waals surface area (Å²) >= 11 is 1.90. The van der Waals surface area contributed by atoms with E-state index in [4.69, 9.17) is 0 Å². The molecule has 1 aliphatic heterocycles. The van der Waals surface area contributed by atoms with Crippen LogP contribution in [0.1, 0.15) is 39.5 Å². The SMILES string of the molecule is CSCC1CCN(C2=C(C#N)C(=C(C#N)C#N)CC(C)(C)C2)CC1. The van der Waals surface area contributed by atoms with Gasteiger partial charge in [-0.05, 0) is 49.0 Å². The molecule has 0 aromatic heterocycles. The third kappa shape index (κ3) is 3.95. The van der Waals surface area contributed by atoms with E-state index in [9.17, 15) is 15.8 Å². The molecule has 0 atom stereocenters. The van der Waals surface area contributed by atoms with Crippen LogP contribution in [0.15, 0.2) is 22.4 Å². The van der Waals surface area contributed by atoms with Gasteiger partial charge in [0, 0.05) is 24.4 Å². The average molecular weight is 340 g/mol. The van der Waals surface area contributed by atoms with E-state index >= 15 is 0 Å². The van der Waals surface area contributed by atoms with Crippen LogP contribution in [-0.4, -0.2) is 30.0 Å². The number of nitrogens with zero attached hydrogens (tertiary/aromatic N) is 4. The van der Waals surface area contributed by atoms with Crippen molar-refractivity contribution in [1.82, 2.24) is 4.90 Å². The average Bonchev–Trinajstić information content (AvgIpc) is 2.56. The van der Waals surface area contributed by atoms with E-state index in [1.807, 2.05) is 23.9 Å². The summed E-state index contributed by atoms with van der Waals surface area (Å²) in [4.78, 5) is 2.32. The van der Waals surface area contributed by atoms with Crippen LogP contribution in [0.4, 0.5) is 0 Å². The van der Waals surface area contributed by atoms with Gasteiger partial charge in [0.25, 0.3) is 0 Å². The number of allylic oxidation sites excluding steroid dienone is 4. The van der Waals surface area contributed by atoms with Gasteiger partial charge >= 0.3 is 0 Å². The van der Waals surface area contributed by atoms with Crippen LogP contribution in [-0.2, 0) is 0 Å². The third-order valence-corrected chi connectivity index (χ3v) is 5.73. The fourth-order valence-corrected chi connectivity index (χ4v) is 4.53. The van der Waals surface area contributed by atoms with Crippen LogP contribution in [0, 0.1) is 45.3 Å². The monoisotopic (exact) mass is 340 g/mol. The Kier molecular flexibility index (Phi) is 5.98. The Morgan fingerprint density at radius 3 is 2.29 bits per heavy atom. The van der Waals surface area contributed by atoms with Gasteiger partial charge < -0.3 is 4.90 Å². The highest BCUT2D eigenvalue weighted by atomic mass is 32.2. The molecular weight excluding hydrogens is 316 g/mol. The van der Waals surface area contributed by atoms with Crippen LogP contribution in [0.2, 0.25) is 0 Å². The Morgan fingerprint density at radius 2 is 1.79 bits per heavy atom. The van der Waals surface area contributed by atoms with Crippen LogP contribution in [0.25, 0.3) is 0 Å². The van der Waals surface area contributed by atoms with Gasteiger partial charge in [0.05, 0.1) is 5.57 Å². The Labute approximate surface area is 149 Å². The Bertz CT molecular complexity index is 658. The summed E-state index contributed by atoms with van der Waals surface area (Å²) in [5, 5.41) is 28.3. The minimum absolute atomic E-state index is 0.0416. The van der Waals surface area contributed by atoms with Crippen LogP contribution >= 0.6 is 11.8 Å². The maximum absolute atomic E-state index is 9.72. The van der Waals surface area contributed by atoms with Gasteiger partial charge in [-0.1, -0.05) is 13.8 Å². The molecule has 24 heavy (non-hydrogen) atoms. The van der Waals surface area contributed by atoms with Gasteiger partial charge in [0.1, 0.15) is 23.8 Å². The van der Waals surface area contributed by atoms with Crippen molar-refractivity contribution in [2.24, 2.45) is 11.3 Å². The lowest BCUT2D eigenvalue weighted by Gasteiger charge is -2.41. The summed E-state index contributed by atoms with van der Waals surface area (Å²) in [5.41, 5.74) is 2.29. The molecule has 0 saturated carbocycles. The van der Waals surface area contributed by atoms with Crippen LogP contribution < -0.4 is 0 Å². The van der Waals surface area contributed by atoms with Crippen LogP contribution in [0.3, 0.4) is 0 Å². The van der Waals surface area contributed by atoms with Crippen molar-refractivity contribution < 1.29 is 0 Å². The van der Waals surface area contributed by atoms with Crippen molar-refractivity contribution in [3.05, 3.63) is 22.4 Å². The molecule has 2 aliphatic rings. The van der Waals surface area contributed by atoms with Crippen molar-refractivity contribution in [2.45, 2.75) is 39.5 Å². The highest BCUT2D eigenvalue weighted by Gasteiger charge is 2.35. The minimum Gasteiger partial charge on any atom is -0.374 e. The van der Waals surface area contributed by atoms with E-state index in [2.05, 4.69) is 31.1 Å². The molecule has 1 heterocycles. The third-order valence-electron chi connectivity index (χ3n) is 4.93. The van der Waals surface area contributed by atoms with Gasteiger partial charge in [0.15, 0.2) is 0 Å². The molecular formula is C19H24N4S. The first-order valence-corrected chi connectivity index (χ1v) is 9.76. The number of hydrogen-bond donors (Lipinski definition) is 0. The quantitative estimate of drug-likeness (QED) is 0.726. The molecule has 126 valence electrons. The number of hydrogen-bond acceptors (Lipinski definition) is 5. The zero-order chi connectivity index (χ0) is 17.7. The normalized spacial score (nSPS) is 21.0. The number of rotatable bonds is 3. The first-order valence-electron chi connectivity index (χ1n) is 8.36. The molecule has 1 fully saturated rings. The standard InChI is InChI=1S/C19H24N4S/c1-19(2)8-16(15(10-20)11-21)17(12-22)18(9-19)23-6-4-14(5-7-23)13-24-3/h14H,4-9,13H2,1-3H3. The minimum atomic E-state index is -0.0416. The van der Waals surface area contributed by atoms with Crippen molar-refractivity contribution in [2.75, 3.05) is 25.1 Å². The molecule has 0 amide bonds. The first-order chi connectivity index (χ1) is 11.5. The molecule has 0 aromatic rings. The van der Waals surface area contributed by atoms with Crippen molar-refractivity contribution in [3.63, 3.8) is 0 Å². The summed E-state index contributed by atoms with van der Waals surface area (Å²) in [6.07, 6.45) is 5.88. The molecule has 0 bridgehead atoms. The summed E-state index contributed by atoms with van der Waals surface area (Å²) in [6.45, 7) is 6.22. The summed E-state index contributed by atoms with van der Waals surface area (Å²) in [7, 11) is 0. The molecule has 4 nitrogen and oxygen atoms in total. The molecule has 0 aromatic carbocycles. The fraction of sp³-hybridized carbons (Fsp3) is 0.632. The number of likely N-dealkylation sites (tertiary alicyclic amines) is 1. The largest absolute Gasteiger partial charge is 0.374 e. The maximum atomic E-state index is 9.72. The van der Waals surface area contributed by atoms with Crippen molar-refractivity contribution in [1.29, 1.82) is 15.8 Å². The lowest BCUT2D eigenvalue weighted by Crippen LogP contribution is -2.37. The van der Waals surface area contributed by atoms with E-state index in [0.29, 0.717) is 17.6 Å². The van der Waals surface area contributed by atoms with Gasteiger partial charge in [-0.3, -0.25) is 0 Å². The maximum Gasteiger partial charge on any atom is 0.134 e. The lowest BCUT2D eigenvalue weighted by atomic mass is 9.72. The van der Waals surface area contributed by atoms with Gasteiger partial charge in [-0.2, -0.15) is 27.5 Å². The van der Waals surface area contributed by atoms with Crippen LogP contribution in [0.5, 0.6) is 0 Å². The second kappa shape index (κ2) is 7.78. The number of thioether (sulfide) groups is 1. The molecule has 1 saturated heterocycles. The van der Waals surface area contributed by atoms with E-state index < -0.39 is 0 Å². The molecule has 5 heteroatoms. The Hall–Kier alpha value is -1.90. The lowest BCUT2D eigenvalue weighted by molar-refractivity contribution is 0.205. The zero-order valence-electron chi connectivity index (χ0n) is 14.7. The summed E-state index contributed by atoms with van der Waals surface area (Å²) in [6, 6.07) is 6.26. The van der Waals surface area contributed by atoms with E-state index in [0.717, 1.165) is 44.0 Å². The number of piperidine rings is 1. The molecule has 0 radical (unpaired) electrons. The predicted octanol–water partition coefficient (Wildman–Crippen LogP) is 4.00. The highest BCUT2D eigenvalue weighted by Crippen LogP contribution is 2.44. The summed E-state index contributed by atoms with van der Waals surface area (Å²) in [5.74, 6) is 1.95. The van der Waals surface area contributed by atoms with Crippen molar-refractivity contribution in [3.8, 4) is 18.2 Å². The first kappa shape index (κ1) is 18.4. The second-order valence-electron chi connectivity index (χ2n) is 7.41. The zero-order valence-corrected chi connectivity index (χ0v) is 15.5. The van der Waals surface area contributed by atoms with E-state index in [-0.39, 0.29) is 11.0 Å². The van der Waals surface area contributed by atoms with E-state index in [1.54, 1.807) is 0 Å². The van der Waals surface area contributed by atoms with Gasteiger partial charge in [0.2, 0.25) is 0 Å². The molecule has 0 spiro atoms. The van der Waals surface area contributed by atoms with Gasteiger partial charge in [-0.15, -0.1) is 0 Å². The molecule has 2 rings (SSSR count). The molecule has 1 aliphatic carbocycles. The molecule has 0 N–H and O–H groups in total. The molecule has 0 unspecified atom stereocenters. The fourth-order valence-electron chi connectivity index (χ4n) is 3.73. The smallest absolute Gasteiger partial charge is 0.134 e. The van der Waals surface area contributed by atoms with E-state index in [1.165, 1.54) is 5.75 Å². The number of nitriles is 3. The van der Waals surface area contributed by atoms with Gasteiger partial charge in [-0.25, -0.2) is 0 Å². The Balaban J connectivity index is 2.39. The topological polar surface area (TPSA) is 74.6 Å². The predicted molar refractivity (Wildman–Crippen MR) is 96.6 cm³/mol.